The second-order valence-electron chi connectivity index (χ2n) is 6.84. The van der Waals surface area contributed by atoms with Crippen LogP contribution in [-0.4, -0.2) is 25.5 Å². The lowest BCUT2D eigenvalue weighted by Gasteiger charge is -2.15. The fraction of sp³-hybridized carbons (Fsp3) is 0.125. The van der Waals surface area contributed by atoms with Crippen LogP contribution >= 0.6 is 0 Å². The highest BCUT2D eigenvalue weighted by atomic mass is 32.2. The molecule has 6 heteroatoms. The summed E-state index contributed by atoms with van der Waals surface area (Å²) in [5.74, 6) is 4.79. The number of rotatable bonds is 6. The Labute approximate surface area is 176 Å². The molecular weight excluding hydrogens is 398 g/mol. The number of carboxylic acids is 1. The SMILES string of the molecule is Cc1ccc(C#Cc2ccc(S(=O)(=O)N[C@H](Cc3ccccc3)C(=O)O)cc2)cc1. The third-order valence-corrected chi connectivity index (χ3v) is 5.93. The predicted molar refractivity (Wildman–Crippen MR) is 115 cm³/mol. The van der Waals surface area contributed by atoms with E-state index in [-0.39, 0.29) is 11.3 Å². The van der Waals surface area contributed by atoms with Crippen molar-refractivity contribution in [2.24, 2.45) is 0 Å². The molecule has 0 aliphatic carbocycles. The molecule has 0 fully saturated rings. The van der Waals surface area contributed by atoms with Gasteiger partial charge in [0.05, 0.1) is 4.90 Å². The van der Waals surface area contributed by atoms with Gasteiger partial charge >= 0.3 is 5.97 Å². The third kappa shape index (κ3) is 5.80. The average molecular weight is 420 g/mol. The zero-order valence-electron chi connectivity index (χ0n) is 16.4. The van der Waals surface area contributed by atoms with Crippen LogP contribution in [-0.2, 0) is 21.2 Å². The van der Waals surface area contributed by atoms with Crippen LogP contribution in [0, 0.1) is 18.8 Å². The molecular formula is C24H21NO4S. The van der Waals surface area contributed by atoms with Gasteiger partial charge in [0.25, 0.3) is 0 Å². The summed E-state index contributed by atoms with van der Waals surface area (Å²) in [5.41, 5.74) is 3.40. The molecule has 0 unspecified atom stereocenters. The molecule has 30 heavy (non-hydrogen) atoms. The summed E-state index contributed by atoms with van der Waals surface area (Å²) in [6.07, 6.45) is 0.0511. The van der Waals surface area contributed by atoms with Crippen LogP contribution < -0.4 is 4.72 Å². The topological polar surface area (TPSA) is 83.5 Å². The molecule has 3 rings (SSSR count). The fourth-order valence-corrected chi connectivity index (χ4v) is 3.97. The van der Waals surface area contributed by atoms with Crippen molar-refractivity contribution < 1.29 is 18.3 Å². The Hall–Kier alpha value is -3.40. The highest BCUT2D eigenvalue weighted by molar-refractivity contribution is 7.89. The Balaban J connectivity index is 1.74. The molecule has 152 valence electrons. The molecule has 0 saturated carbocycles. The van der Waals surface area contributed by atoms with Crippen molar-refractivity contribution in [3.63, 3.8) is 0 Å². The minimum Gasteiger partial charge on any atom is -0.480 e. The molecule has 0 aliphatic rings. The molecule has 0 bridgehead atoms. The van der Waals surface area contributed by atoms with Gasteiger partial charge in [0.2, 0.25) is 10.0 Å². The highest BCUT2D eigenvalue weighted by Crippen LogP contribution is 2.13. The largest absolute Gasteiger partial charge is 0.480 e. The van der Waals surface area contributed by atoms with Gasteiger partial charge in [-0.3, -0.25) is 4.79 Å². The van der Waals surface area contributed by atoms with Gasteiger partial charge < -0.3 is 5.11 Å². The number of benzene rings is 3. The van der Waals surface area contributed by atoms with Gasteiger partial charge in [0.15, 0.2) is 0 Å². The molecule has 3 aromatic carbocycles. The van der Waals surface area contributed by atoms with E-state index < -0.39 is 22.0 Å². The summed E-state index contributed by atoms with van der Waals surface area (Å²) in [4.78, 5) is 11.6. The van der Waals surface area contributed by atoms with E-state index in [0.717, 1.165) is 16.7 Å². The van der Waals surface area contributed by atoms with Crippen molar-refractivity contribution in [3.05, 3.63) is 101 Å². The van der Waals surface area contributed by atoms with E-state index in [9.17, 15) is 18.3 Å². The first-order valence-corrected chi connectivity index (χ1v) is 10.8. The standard InChI is InChI=1S/C24H21NO4S/c1-18-7-9-19(10-8-18)11-12-20-13-15-22(16-14-20)30(28,29)25-23(24(26)27)17-21-5-3-2-4-6-21/h2-10,13-16,23,25H,17H2,1H3,(H,26,27)/t23-/m1/s1. The van der Waals surface area contributed by atoms with E-state index in [1.165, 1.54) is 12.1 Å². The van der Waals surface area contributed by atoms with Gasteiger partial charge in [0, 0.05) is 11.1 Å². The molecule has 0 spiro atoms. The van der Waals surface area contributed by atoms with E-state index in [4.69, 9.17) is 0 Å². The van der Waals surface area contributed by atoms with Gasteiger partial charge in [-0.25, -0.2) is 8.42 Å². The van der Waals surface area contributed by atoms with Crippen molar-refractivity contribution in [1.82, 2.24) is 4.72 Å². The Morgan fingerprint density at radius 1 is 0.900 bits per heavy atom. The number of aliphatic carboxylic acids is 1. The summed E-state index contributed by atoms with van der Waals surface area (Å²) >= 11 is 0. The summed E-state index contributed by atoms with van der Waals surface area (Å²) in [5, 5.41) is 9.44. The van der Waals surface area contributed by atoms with Crippen molar-refractivity contribution in [3.8, 4) is 11.8 Å². The Bertz CT molecular complexity index is 1170. The number of carboxylic acid groups (broad SMARTS) is 1. The van der Waals surface area contributed by atoms with Gasteiger partial charge in [-0.15, -0.1) is 0 Å². The smallest absolute Gasteiger partial charge is 0.322 e. The van der Waals surface area contributed by atoms with E-state index in [0.29, 0.717) is 5.56 Å². The highest BCUT2D eigenvalue weighted by Gasteiger charge is 2.25. The Morgan fingerprint density at radius 3 is 1.97 bits per heavy atom. The number of sulfonamides is 1. The monoisotopic (exact) mass is 419 g/mol. The first-order chi connectivity index (χ1) is 14.3. The van der Waals surface area contributed by atoms with Gasteiger partial charge in [-0.2, -0.15) is 4.72 Å². The van der Waals surface area contributed by atoms with Crippen molar-refractivity contribution in [2.45, 2.75) is 24.3 Å². The zero-order chi connectivity index (χ0) is 21.6. The number of carbonyl (C=O) groups is 1. The molecule has 0 radical (unpaired) electrons. The summed E-state index contributed by atoms with van der Waals surface area (Å²) in [6.45, 7) is 2.00. The fourth-order valence-electron chi connectivity index (χ4n) is 2.78. The number of nitrogens with one attached hydrogen (secondary N) is 1. The lowest BCUT2D eigenvalue weighted by atomic mass is 10.1. The first-order valence-electron chi connectivity index (χ1n) is 9.31. The van der Waals surface area contributed by atoms with E-state index in [1.54, 1.807) is 36.4 Å². The molecule has 0 aliphatic heterocycles. The Morgan fingerprint density at radius 2 is 1.43 bits per heavy atom. The number of hydrogen-bond acceptors (Lipinski definition) is 3. The second kappa shape index (κ2) is 9.40. The van der Waals surface area contributed by atoms with Gasteiger partial charge in [-0.05, 0) is 55.3 Å². The molecule has 0 saturated heterocycles. The van der Waals surface area contributed by atoms with Crippen molar-refractivity contribution in [1.29, 1.82) is 0 Å². The minimum absolute atomic E-state index is 0.0114. The number of aryl methyl sites for hydroxylation is 1. The third-order valence-electron chi connectivity index (χ3n) is 4.45. The van der Waals surface area contributed by atoms with Crippen LogP contribution in [0.5, 0.6) is 0 Å². The molecule has 0 heterocycles. The lowest BCUT2D eigenvalue weighted by molar-refractivity contribution is -0.138. The normalized spacial score (nSPS) is 11.9. The maximum absolute atomic E-state index is 12.6. The van der Waals surface area contributed by atoms with Gasteiger partial charge in [0.1, 0.15) is 6.04 Å². The zero-order valence-corrected chi connectivity index (χ0v) is 17.2. The second-order valence-corrected chi connectivity index (χ2v) is 8.56. The molecule has 2 N–H and O–H groups in total. The molecule has 1 atom stereocenters. The molecule has 0 aromatic heterocycles. The van der Waals surface area contributed by atoms with E-state index in [1.807, 2.05) is 37.3 Å². The van der Waals surface area contributed by atoms with Gasteiger partial charge in [-0.1, -0.05) is 59.9 Å². The molecule has 3 aromatic rings. The quantitative estimate of drug-likeness (QED) is 0.600. The van der Waals surface area contributed by atoms with Crippen molar-refractivity contribution >= 4 is 16.0 Å². The van der Waals surface area contributed by atoms with Crippen LogP contribution in [0.25, 0.3) is 0 Å². The minimum atomic E-state index is -3.99. The summed E-state index contributed by atoms with van der Waals surface area (Å²) in [6, 6.07) is 21.4. The average Bonchev–Trinajstić information content (AvgIpc) is 2.74. The van der Waals surface area contributed by atoms with Crippen molar-refractivity contribution in [2.75, 3.05) is 0 Å². The molecule has 0 amide bonds. The first kappa shape index (κ1) is 21.3. The van der Waals surface area contributed by atoms with Crippen LogP contribution in [0.4, 0.5) is 0 Å². The van der Waals surface area contributed by atoms with Crippen LogP contribution in [0.3, 0.4) is 0 Å². The van der Waals surface area contributed by atoms with Crippen LogP contribution in [0.15, 0.2) is 83.8 Å². The predicted octanol–water partition coefficient (Wildman–Crippen LogP) is 3.37. The Kier molecular flexibility index (Phi) is 6.68. The summed E-state index contributed by atoms with van der Waals surface area (Å²) < 4.78 is 27.6. The lowest BCUT2D eigenvalue weighted by Crippen LogP contribution is -2.42. The van der Waals surface area contributed by atoms with Crippen LogP contribution in [0.1, 0.15) is 22.3 Å². The number of hydrogen-bond donors (Lipinski definition) is 2. The summed E-state index contributed by atoms with van der Waals surface area (Å²) in [7, 11) is -3.99. The maximum Gasteiger partial charge on any atom is 0.322 e. The van der Waals surface area contributed by atoms with Crippen LogP contribution in [0.2, 0.25) is 0 Å². The molecule has 5 nitrogen and oxygen atoms in total. The van der Waals surface area contributed by atoms with E-state index >= 15 is 0 Å². The van der Waals surface area contributed by atoms with E-state index in [2.05, 4.69) is 16.6 Å². The maximum atomic E-state index is 12.6.